The van der Waals surface area contributed by atoms with Crippen molar-refractivity contribution in [3.05, 3.63) is 24.0 Å². The molecule has 0 fully saturated rings. The fraction of sp³-hybridized carbons (Fsp3) is 0.500. The van der Waals surface area contributed by atoms with E-state index in [1.54, 1.807) is 6.92 Å². The minimum absolute atomic E-state index is 0.303. The van der Waals surface area contributed by atoms with Crippen molar-refractivity contribution in [1.29, 1.82) is 0 Å². The van der Waals surface area contributed by atoms with E-state index in [9.17, 15) is 9.18 Å². The molecule has 19 heavy (non-hydrogen) atoms. The second-order valence-electron chi connectivity index (χ2n) is 5.41. The fourth-order valence-electron chi connectivity index (χ4n) is 1.48. The molecule has 4 nitrogen and oxygen atoms in total. The van der Waals surface area contributed by atoms with Gasteiger partial charge in [0.05, 0.1) is 18.3 Å². The molecule has 106 valence electrons. The Bertz CT molecular complexity index is 455. The molecule has 0 aliphatic rings. The van der Waals surface area contributed by atoms with Crippen molar-refractivity contribution in [2.24, 2.45) is 11.1 Å². The minimum Gasteiger partial charge on any atom is -0.492 e. The number of benzene rings is 1. The lowest BCUT2D eigenvalue weighted by Crippen LogP contribution is -2.45. The van der Waals surface area contributed by atoms with Crippen LogP contribution in [0.2, 0.25) is 0 Å². The number of hydrogen-bond donors (Lipinski definition) is 2. The van der Waals surface area contributed by atoms with E-state index in [0.717, 1.165) is 0 Å². The first-order valence-corrected chi connectivity index (χ1v) is 6.24. The van der Waals surface area contributed by atoms with Crippen molar-refractivity contribution in [3.8, 4) is 5.75 Å². The van der Waals surface area contributed by atoms with Crippen molar-refractivity contribution in [2.75, 3.05) is 11.9 Å². The van der Waals surface area contributed by atoms with Gasteiger partial charge in [0, 0.05) is 6.07 Å². The first-order valence-electron chi connectivity index (χ1n) is 6.24. The molecule has 3 N–H and O–H groups in total. The van der Waals surface area contributed by atoms with Gasteiger partial charge in [-0.15, -0.1) is 0 Å². The number of nitrogens with two attached hydrogens (primary N) is 1. The van der Waals surface area contributed by atoms with Gasteiger partial charge in [0.25, 0.3) is 0 Å². The average Bonchev–Trinajstić information content (AvgIpc) is 2.30. The van der Waals surface area contributed by atoms with Crippen LogP contribution in [-0.2, 0) is 4.79 Å². The SMILES string of the molecule is CCOc1cc(F)ccc1NC(=O)C(N)C(C)(C)C. The zero-order valence-electron chi connectivity index (χ0n) is 11.8. The number of amides is 1. The Morgan fingerprint density at radius 3 is 2.63 bits per heavy atom. The summed E-state index contributed by atoms with van der Waals surface area (Å²) >= 11 is 0. The average molecular weight is 268 g/mol. The van der Waals surface area contributed by atoms with Crippen molar-refractivity contribution < 1.29 is 13.9 Å². The summed E-state index contributed by atoms with van der Waals surface area (Å²) in [6.07, 6.45) is 0. The summed E-state index contributed by atoms with van der Waals surface area (Å²) in [4.78, 5) is 12.0. The largest absolute Gasteiger partial charge is 0.492 e. The van der Waals surface area contributed by atoms with Gasteiger partial charge in [0.2, 0.25) is 5.91 Å². The Balaban J connectivity index is 2.90. The second-order valence-corrected chi connectivity index (χ2v) is 5.41. The van der Waals surface area contributed by atoms with Crippen LogP contribution in [-0.4, -0.2) is 18.6 Å². The van der Waals surface area contributed by atoms with Crippen LogP contribution >= 0.6 is 0 Å². The van der Waals surface area contributed by atoms with Crippen molar-refractivity contribution in [1.82, 2.24) is 0 Å². The van der Waals surface area contributed by atoms with Crippen LogP contribution in [0.25, 0.3) is 0 Å². The fourth-order valence-corrected chi connectivity index (χ4v) is 1.48. The van der Waals surface area contributed by atoms with Crippen LogP contribution in [0.3, 0.4) is 0 Å². The summed E-state index contributed by atoms with van der Waals surface area (Å²) < 4.78 is 18.4. The van der Waals surface area contributed by atoms with Gasteiger partial charge < -0.3 is 15.8 Å². The molecule has 0 aliphatic carbocycles. The Kier molecular flexibility index (Phi) is 4.89. The van der Waals surface area contributed by atoms with E-state index in [2.05, 4.69) is 5.32 Å². The molecule has 0 bridgehead atoms. The van der Waals surface area contributed by atoms with Gasteiger partial charge in [-0.2, -0.15) is 0 Å². The smallest absolute Gasteiger partial charge is 0.241 e. The summed E-state index contributed by atoms with van der Waals surface area (Å²) in [7, 11) is 0. The summed E-state index contributed by atoms with van der Waals surface area (Å²) in [6, 6.07) is 3.31. The summed E-state index contributed by atoms with van der Waals surface area (Å²) in [5.41, 5.74) is 5.94. The molecule has 1 rings (SSSR count). The van der Waals surface area contributed by atoms with Gasteiger partial charge in [-0.3, -0.25) is 4.79 Å². The quantitative estimate of drug-likeness (QED) is 0.882. The van der Waals surface area contributed by atoms with E-state index in [1.165, 1.54) is 18.2 Å². The lowest BCUT2D eigenvalue weighted by molar-refractivity contribution is -0.119. The molecular formula is C14H21FN2O2. The standard InChI is InChI=1S/C14H21FN2O2/c1-5-19-11-8-9(15)6-7-10(11)17-13(18)12(16)14(2,3)4/h6-8,12H,5,16H2,1-4H3,(H,17,18). The number of hydrogen-bond acceptors (Lipinski definition) is 3. The Labute approximate surface area is 113 Å². The van der Waals surface area contributed by atoms with E-state index in [4.69, 9.17) is 10.5 Å². The van der Waals surface area contributed by atoms with E-state index in [1.807, 2.05) is 20.8 Å². The molecule has 1 atom stereocenters. The molecular weight excluding hydrogens is 247 g/mol. The first kappa shape index (κ1) is 15.4. The lowest BCUT2D eigenvalue weighted by atomic mass is 9.87. The van der Waals surface area contributed by atoms with Crippen molar-refractivity contribution >= 4 is 11.6 Å². The zero-order valence-corrected chi connectivity index (χ0v) is 11.8. The van der Waals surface area contributed by atoms with Crippen molar-refractivity contribution in [3.63, 3.8) is 0 Å². The predicted molar refractivity (Wildman–Crippen MR) is 73.6 cm³/mol. The summed E-state index contributed by atoms with van der Waals surface area (Å²) in [6.45, 7) is 7.82. The molecule has 0 spiro atoms. The molecule has 0 radical (unpaired) electrons. The Morgan fingerprint density at radius 2 is 2.11 bits per heavy atom. The Morgan fingerprint density at radius 1 is 1.47 bits per heavy atom. The molecule has 0 aromatic heterocycles. The van der Waals surface area contributed by atoms with Gasteiger partial charge in [-0.05, 0) is 24.5 Å². The molecule has 1 aromatic carbocycles. The third-order valence-corrected chi connectivity index (χ3v) is 2.72. The van der Waals surface area contributed by atoms with Gasteiger partial charge in [-0.25, -0.2) is 4.39 Å². The van der Waals surface area contributed by atoms with E-state index in [-0.39, 0.29) is 11.3 Å². The first-order chi connectivity index (χ1) is 8.75. The third kappa shape index (κ3) is 4.21. The normalized spacial score (nSPS) is 12.9. The van der Waals surface area contributed by atoms with E-state index >= 15 is 0 Å². The van der Waals surface area contributed by atoms with Crippen LogP contribution < -0.4 is 15.8 Å². The van der Waals surface area contributed by atoms with Crippen LogP contribution in [0, 0.1) is 11.2 Å². The molecule has 0 aliphatic heterocycles. The van der Waals surface area contributed by atoms with Gasteiger partial charge in [0.15, 0.2) is 0 Å². The number of rotatable bonds is 4. The number of nitrogens with one attached hydrogen (secondary N) is 1. The Hall–Kier alpha value is -1.62. The summed E-state index contributed by atoms with van der Waals surface area (Å²) in [5.74, 6) is -0.432. The van der Waals surface area contributed by atoms with Crippen LogP contribution in [0.15, 0.2) is 18.2 Å². The molecule has 0 heterocycles. The second kappa shape index (κ2) is 6.02. The maximum absolute atomic E-state index is 13.1. The number of halogens is 1. The predicted octanol–water partition coefficient (Wildman–Crippen LogP) is 2.54. The minimum atomic E-state index is -0.660. The molecule has 5 heteroatoms. The van der Waals surface area contributed by atoms with Crippen LogP contribution in [0.5, 0.6) is 5.75 Å². The number of carbonyl (C=O) groups is 1. The van der Waals surface area contributed by atoms with Crippen LogP contribution in [0.4, 0.5) is 10.1 Å². The number of anilines is 1. The third-order valence-electron chi connectivity index (χ3n) is 2.72. The molecule has 1 amide bonds. The van der Waals surface area contributed by atoms with Gasteiger partial charge >= 0.3 is 0 Å². The maximum atomic E-state index is 13.1. The van der Waals surface area contributed by atoms with Gasteiger partial charge in [0.1, 0.15) is 11.6 Å². The number of carbonyl (C=O) groups excluding carboxylic acids is 1. The highest BCUT2D eigenvalue weighted by Gasteiger charge is 2.28. The molecule has 0 saturated heterocycles. The topological polar surface area (TPSA) is 64.3 Å². The lowest BCUT2D eigenvalue weighted by Gasteiger charge is -2.26. The van der Waals surface area contributed by atoms with Crippen LogP contribution in [0.1, 0.15) is 27.7 Å². The number of ether oxygens (including phenoxy) is 1. The monoisotopic (exact) mass is 268 g/mol. The molecule has 1 unspecified atom stereocenters. The van der Waals surface area contributed by atoms with E-state index in [0.29, 0.717) is 18.0 Å². The molecule has 1 aromatic rings. The highest BCUT2D eigenvalue weighted by molar-refractivity contribution is 5.96. The van der Waals surface area contributed by atoms with Gasteiger partial charge in [-0.1, -0.05) is 20.8 Å². The highest BCUT2D eigenvalue weighted by Crippen LogP contribution is 2.26. The van der Waals surface area contributed by atoms with Crippen molar-refractivity contribution in [2.45, 2.75) is 33.7 Å². The highest BCUT2D eigenvalue weighted by atomic mass is 19.1. The summed E-state index contributed by atoms with van der Waals surface area (Å²) in [5, 5.41) is 2.67. The van der Waals surface area contributed by atoms with E-state index < -0.39 is 11.9 Å². The molecule has 0 saturated carbocycles. The zero-order chi connectivity index (χ0) is 14.6. The maximum Gasteiger partial charge on any atom is 0.241 e.